The molecule has 4 aromatic rings. The van der Waals surface area contributed by atoms with Gasteiger partial charge in [0, 0.05) is 0 Å². The second kappa shape index (κ2) is 15.5. The summed E-state index contributed by atoms with van der Waals surface area (Å²) in [6.45, 7) is 6.92. The smallest absolute Gasteiger partial charge is 0.206 e. The number of phenols is 1. The van der Waals surface area contributed by atoms with Gasteiger partial charge in [0.15, 0.2) is 0 Å². The van der Waals surface area contributed by atoms with E-state index in [9.17, 15) is 21.9 Å². The molecule has 0 aliphatic carbocycles. The van der Waals surface area contributed by atoms with Crippen LogP contribution in [-0.2, 0) is 19.7 Å². The van der Waals surface area contributed by atoms with E-state index in [4.69, 9.17) is 14.2 Å². The normalized spacial score (nSPS) is 12.1. The molecule has 1 N–H and O–H groups in total. The zero-order valence-corrected chi connectivity index (χ0v) is 28.1. The van der Waals surface area contributed by atoms with Gasteiger partial charge in [0.1, 0.15) is 28.6 Å². The van der Waals surface area contributed by atoms with Crippen LogP contribution in [-0.4, -0.2) is 40.8 Å². The van der Waals surface area contributed by atoms with E-state index in [0.717, 1.165) is 38.5 Å². The van der Waals surface area contributed by atoms with Gasteiger partial charge in [-0.25, -0.2) is 16.8 Å². The molecule has 0 radical (unpaired) electrons. The van der Waals surface area contributed by atoms with E-state index in [-0.39, 0.29) is 30.9 Å². The summed E-state index contributed by atoms with van der Waals surface area (Å²) < 4.78 is 68.9. The van der Waals surface area contributed by atoms with Crippen LogP contribution in [0.15, 0.2) is 117 Å². The second-order valence-electron chi connectivity index (χ2n) is 11.9. The van der Waals surface area contributed by atoms with Crippen LogP contribution in [0.25, 0.3) is 0 Å². The van der Waals surface area contributed by atoms with E-state index in [0.29, 0.717) is 30.5 Å². The van der Waals surface area contributed by atoms with Gasteiger partial charge in [0.05, 0.1) is 32.8 Å². The minimum absolute atomic E-state index is 0.0124. The Balaban J connectivity index is 1.09. The highest BCUT2D eigenvalue weighted by Crippen LogP contribution is 2.27. The van der Waals surface area contributed by atoms with Crippen molar-refractivity contribution in [2.45, 2.75) is 84.5 Å². The highest BCUT2D eigenvalue weighted by Gasteiger charge is 2.19. The molecule has 0 heterocycles. The first-order valence-electron chi connectivity index (χ1n) is 15.4. The first-order chi connectivity index (χ1) is 21.8. The molecule has 0 aliphatic heterocycles. The molecule has 246 valence electrons. The maximum absolute atomic E-state index is 13.0. The average molecular weight is 667 g/mol. The van der Waals surface area contributed by atoms with Gasteiger partial charge in [0.25, 0.3) is 0 Å². The standard InChI is InChI=1S/C36H42O8S2/c1-36(2,3)44-31-16-24-35(25-17-31)46(40,41)34-22-14-30(15-23-34)43-27-9-7-5-4-6-8-26-42-29-12-20-33(21-13-29)45(38,39)32-18-10-28(37)11-19-32/h10-25,37H,4-9,26-27H2,1-3H3. The van der Waals surface area contributed by atoms with Crippen molar-refractivity contribution >= 4 is 19.7 Å². The van der Waals surface area contributed by atoms with Crippen molar-refractivity contribution in [1.82, 2.24) is 0 Å². The maximum atomic E-state index is 13.0. The van der Waals surface area contributed by atoms with Crippen LogP contribution in [0.4, 0.5) is 0 Å². The monoisotopic (exact) mass is 666 g/mol. The van der Waals surface area contributed by atoms with Crippen LogP contribution in [0.1, 0.15) is 59.3 Å². The molecule has 4 aromatic carbocycles. The zero-order valence-electron chi connectivity index (χ0n) is 26.5. The van der Waals surface area contributed by atoms with Gasteiger partial charge in [-0.3, -0.25) is 0 Å². The Labute approximate surface area is 272 Å². The van der Waals surface area contributed by atoms with E-state index in [1.807, 2.05) is 20.8 Å². The van der Waals surface area contributed by atoms with Gasteiger partial charge in [-0.15, -0.1) is 0 Å². The molecule has 4 rings (SSSR count). The summed E-state index contributed by atoms with van der Waals surface area (Å²) in [4.78, 5) is 0.717. The lowest BCUT2D eigenvalue weighted by Crippen LogP contribution is -2.22. The van der Waals surface area contributed by atoms with Crippen molar-refractivity contribution in [2.24, 2.45) is 0 Å². The number of unbranched alkanes of at least 4 members (excludes halogenated alkanes) is 5. The number of benzene rings is 4. The highest BCUT2D eigenvalue weighted by molar-refractivity contribution is 7.91. The van der Waals surface area contributed by atoms with Crippen molar-refractivity contribution in [3.8, 4) is 23.0 Å². The molecule has 0 saturated carbocycles. The fourth-order valence-corrected chi connectivity index (χ4v) is 7.18. The lowest BCUT2D eigenvalue weighted by Gasteiger charge is -2.21. The Kier molecular flexibility index (Phi) is 11.8. The highest BCUT2D eigenvalue weighted by atomic mass is 32.2. The summed E-state index contributed by atoms with van der Waals surface area (Å²) >= 11 is 0. The van der Waals surface area contributed by atoms with Gasteiger partial charge in [0.2, 0.25) is 19.7 Å². The third kappa shape index (κ3) is 9.99. The van der Waals surface area contributed by atoms with Crippen LogP contribution in [0.2, 0.25) is 0 Å². The van der Waals surface area contributed by atoms with E-state index < -0.39 is 19.7 Å². The number of rotatable bonds is 16. The van der Waals surface area contributed by atoms with E-state index in [2.05, 4.69) is 0 Å². The van der Waals surface area contributed by atoms with Crippen LogP contribution >= 0.6 is 0 Å². The van der Waals surface area contributed by atoms with Crippen LogP contribution in [0.5, 0.6) is 23.0 Å². The Hall–Kier alpha value is -4.02. The summed E-state index contributed by atoms with van der Waals surface area (Å²) in [5, 5.41) is 9.40. The summed E-state index contributed by atoms with van der Waals surface area (Å²) in [6.07, 6.45) is 6.00. The number of hydrogen-bond donors (Lipinski definition) is 1. The molecule has 0 amide bonds. The number of hydrogen-bond acceptors (Lipinski definition) is 8. The Morgan fingerprint density at radius 2 is 0.783 bits per heavy atom. The van der Waals surface area contributed by atoms with Crippen molar-refractivity contribution in [3.05, 3.63) is 97.1 Å². The second-order valence-corrected chi connectivity index (χ2v) is 15.8. The molecule has 0 fully saturated rings. The van der Waals surface area contributed by atoms with E-state index >= 15 is 0 Å². The van der Waals surface area contributed by atoms with Crippen LogP contribution in [0, 0.1) is 0 Å². The summed E-state index contributed by atoms with van der Waals surface area (Å²) in [5.41, 5.74) is -0.363. The fourth-order valence-electron chi connectivity index (χ4n) is 4.66. The van der Waals surface area contributed by atoms with Crippen molar-refractivity contribution in [1.29, 1.82) is 0 Å². The largest absolute Gasteiger partial charge is 0.508 e. The number of ether oxygens (including phenoxy) is 3. The van der Waals surface area contributed by atoms with E-state index in [1.165, 1.54) is 36.4 Å². The molecular formula is C36H42O8S2. The molecule has 0 aromatic heterocycles. The summed E-state index contributed by atoms with van der Waals surface area (Å²) in [6, 6.07) is 24.8. The van der Waals surface area contributed by atoms with Crippen LogP contribution < -0.4 is 14.2 Å². The number of phenolic OH excluding ortho intramolecular Hbond substituents is 1. The summed E-state index contributed by atoms with van der Waals surface area (Å²) in [5.74, 6) is 1.88. The Morgan fingerprint density at radius 3 is 1.13 bits per heavy atom. The predicted octanol–water partition coefficient (Wildman–Crippen LogP) is 8.03. The molecule has 46 heavy (non-hydrogen) atoms. The van der Waals surface area contributed by atoms with Crippen molar-refractivity contribution in [2.75, 3.05) is 13.2 Å². The average Bonchev–Trinajstić information content (AvgIpc) is 3.02. The minimum Gasteiger partial charge on any atom is -0.508 e. The van der Waals surface area contributed by atoms with Gasteiger partial charge < -0.3 is 19.3 Å². The third-order valence-corrected chi connectivity index (χ3v) is 10.6. The molecule has 0 bridgehead atoms. The first-order valence-corrected chi connectivity index (χ1v) is 18.4. The number of sulfone groups is 2. The van der Waals surface area contributed by atoms with E-state index in [1.54, 1.807) is 60.7 Å². The lowest BCUT2D eigenvalue weighted by molar-refractivity contribution is 0.131. The fraction of sp³-hybridized carbons (Fsp3) is 0.333. The van der Waals surface area contributed by atoms with Gasteiger partial charge in [-0.1, -0.05) is 25.7 Å². The van der Waals surface area contributed by atoms with Crippen molar-refractivity contribution < 1.29 is 36.2 Å². The number of aromatic hydroxyl groups is 1. The summed E-state index contributed by atoms with van der Waals surface area (Å²) in [7, 11) is -7.29. The molecule has 8 nitrogen and oxygen atoms in total. The Bertz CT molecular complexity index is 1740. The van der Waals surface area contributed by atoms with Crippen LogP contribution in [0.3, 0.4) is 0 Å². The third-order valence-electron chi connectivity index (χ3n) is 7.05. The van der Waals surface area contributed by atoms with Gasteiger partial charge in [-0.05, 0) is 131 Å². The first kappa shape index (κ1) is 34.8. The molecule has 0 spiro atoms. The predicted molar refractivity (Wildman–Crippen MR) is 177 cm³/mol. The topological polar surface area (TPSA) is 116 Å². The Morgan fingerprint density at radius 1 is 0.478 bits per heavy atom. The minimum atomic E-state index is -3.65. The zero-order chi connectivity index (χ0) is 33.2. The SMILES string of the molecule is CC(C)(C)Oc1ccc(S(=O)(=O)c2ccc(OCCCCCCCCOc3ccc(S(=O)(=O)c4ccc(O)cc4)cc3)cc2)cc1. The molecule has 0 saturated heterocycles. The molecule has 0 atom stereocenters. The lowest BCUT2D eigenvalue weighted by atomic mass is 10.1. The molecule has 10 heteroatoms. The molecular weight excluding hydrogens is 625 g/mol. The molecule has 0 aliphatic rings. The van der Waals surface area contributed by atoms with Gasteiger partial charge in [-0.2, -0.15) is 0 Å². The quantitative estimate of drug-likeness (QED) is 0.120. The molecule has 0 unspecified atom stereocenters. The van der Waals surface area contributed by atoms with Gasteiger partial charge >= 0.3 is 0 Å². The maximum Gasteiger partial charge on any atom is 0.206 e. The van der Waals surface area contributed by atoms with Crippen molar-refractivity contribution in [3.63, 3.8) is 0 Å².